The number of hydrogen-bond acceptors (Lipinski definition) is 5. The lowest BCUT2D eigenvalue weighted by molar-refractivity contribution is 0.139. The van der Waals surface area contributed by atoms with E-state index in [1.54, 1.807) is 6.33 Å². The van der Waals surface area contributed by atoms with Gasteiger partial charge in [-0.3, -0.25) is 0 Å². The quantitative estimate of drug-likeness (QED) is 0.561. The van der Waals surface area contributed by atoms with Crippen LogP contribution in [0.3, 0.4) is 0 Å². The highest BCUT2D eigenvalue weighted by Crippen LogP contribution is 2.29. The largest absolute Gasteiger partial charge is 0.445 e. The van der Waals surface area contributed by atoms with Gasteiger partial charge in [0.05, 0.1) is 23.9 Å². The number of hydrogen-bond donors (Lipinski definition) is 2. The molecule has 0 aliphatic heterocycles. The number of alkyl carbamates (subject to hydrolysis) is 1. The van der Waals surface area contributed by atoms with E-state index in [9.17, 15) is 4.79 Å². The van der Waals surface area contributed by atoms with Gasteiger partial charge >= 0.3 is 6.09 Å². The van der Waals surface area contributed by atoms with Gasteiger partial charge in [0.25, 0.3) is 0 Å². The number of H-pyrrole nitrogens is 1. The number of aryl methyl sites for hydroxylation is 1. The predicted octanol–water partition coefficient (Wildman–Crippen LogP) is 3.95. The van der Waals surface area contributed by atoms with Crippen molar-refractivity contribution in [3.8, 4) is 11.1 Å². The molecule has 0 aliphatic carbocycles. The second-order valence-electron chi connectivity index (χ2n) is 6.11. The molecular weight excluding hydrogens is 344 g/mol. The molecule has 0 spiro atoms. The topological polar surface area (TPSA) is 93.0 Å². The van der Waals surface area contributed by atoms with Gasteiger partial charge in [0, 0.05) is 5.56 Å². The smallest absolute Gasteiger partial charge is 0.407 e. The summed E-state index contributed by atoms with van der Waals surface area (Å²) >= 11 is 0. The zero-order valence-corrected chi connectivity index (χ0v) is 14.7. The molecule has 7 heteroatoms. The third-order valence-corrected chi connectivity index (χ3v) is 4.26. The van der Waals surface area contributed by atoms with Crippen molar-refractivity contribution in [1.82, 2.24) is 20.4 Å². The molecule has 4 aromatic rings. The molecule has 136 valence electrons. The van der Waals surface area contributed by atoms with Crippen molar-refractivity contribution in [2.75, 3.05) is 0 Å². The minimum atomic E-state index is -0.505. The average Bonchev–Trinajstić information content (AvgIpc) is 3.31. The van der Waals surface area contributed by atoms with Crippen LogP contribution >= 0.6 is 0 Å². The third-order valence-electron chi connectivity index (χ3n) is 4.26. The van der Waals surface area contributed by atoms with Crippen molar-refractivity contribution in [2.24, 2.45) is 0 Å². The summed E-state index contributed by atoms with van der Waals surface area (Å²) in [6.07, 6.45) is 1.15. The van der Waals surface area contributed by atoms with Gasteiger partial charge < -0.3 is 19.6 Å². The van der Waals surface area contributed by atoms with Crippen LogP contribution in [-0.2, 0) is 17.9 Å². The molecule has 1 amide bonds. The Bertz CT molecular complexity index is 1070. The van der Waals surface area contributed by atoms with Crippen LogP contribution in [0.5, 0.6) is 0 Å². The summed E-state index contributed by atoms with van der Waals surface area (Å²) in [6, 6.07) is 15.4. The van der Waals surface area contributed by atoms with Crippen molar-refractivity contribution in [2.45, 2.75) is 20.1 Å². The Hall–Kier alpha value is -3.61. The van der Waals surface area contributed by atoms with Crippen molar-refractivity contribution >= 4 is 17.1 Å². The zero-order valence-electron chi connectivity index (χ0n) is 14.7. The Morgan fingerprint density at radius 3 is 2.93 bits per heavy atom. The zero-order chi connectivity index (χ0) is 18.6. The summed E-state index contributed by atoms with van der Waals surface area (Å²) in [4.78, 5) is 19.3. The van der Waals surface area contributed by atoms with E-state index < -0.39 is 6.09 Å². The lowest BCUT2D eigenvalue weighted by Crippen LogP contribution is -2.24. The predicted molar refractivity (Wildman–Crippen MR) is 99.8 cm³/mol. The fourth-order valence-corrected chi connectivity index (χ4v) is 2.93. The minimum Gasteiger partial charge on any atom is -0.445 e. The maximum atomic E-state index is 12.0. The third kappa shape index (κ3) is 3.67. The van der Waals surface area contributed by atoms with Crippen LogP contribution in [0, 0.1) is 6.92 Å². The Kier molecular flexibility index (Phi) is 4.57. The molecule has 2 heterocycles. The van der Waals surface area contributed by atoms with E-state index in [1.165, 1.54) is 0 Å². The SMILES string of the molecule is Cc1onc(CNC(=O)OCc2ccccc2)c1-c1ccc2nc[nH]c2c1. The highest BCUT2D eigenvalue weighted by molar-refractivity contribution is 5.82. The van der Waals surface area contributed by atoms with Crippen molar-refractivity contribution in [3.05, 3.63) is 71.9 Å². The van der Waals surface area contributed by atoms with E-state index in [-0.39, 0.29) is 13.2 Å². The lowest BCUT2D eigenvalue weighted by Gasteiger charge is -2.07. The second kappa shape index (κ2) is 7.33. The first-order valence-electron chi connectivity index (χ1n) is 8.54. The molecule has 2 aromatic heterocycles. The van der Waals surface area contributed by atoms with Crippen molar-refractivity contribution in [3.63, 3.8) is 0 Å². The Balaban J connectivity index is 1.44. The fourth-order valence-electron chi connectivity index (χ4n) is 2.93. The molecular formula is C20H18N4O3. The van der Waals surface area contributed by atoms with Crippen LogP contribution in [0.1, 0.15) is 17.0 Å². The van der Waals surface area contributed by atoms with Gasteiger partial charge in [-0.15, -0.1) is 0 Å². The average molecular weight is 362 g/mol. The minimum absolute atomic E-state index is 0.210. The number of nitrogens with zero attached hydrogens (tertiary/aromatic N) is 2. The molecule has 0 saturated heterocycles. The molecule has 27 heavy (non-hydrogen) atoms. The number of carbonyl (C=O) groups excluding carboxylic acids is 1. The van der Waals surface area contributed by atoms with Crippen LogP contribution in [-0.4, -0.2) is 21.2 Å². The molecule has 2 N–H and O–H groups in total. The summed E-state index contributed by atoms with van der Waals surface area (Å²) in [7, 11) is 0. The Morgan fingerprint density at radius 2 is 2.07 bits per heavy atom. The number of aromatic amines is 1. The number of benzene rings is 2. The molecule has 7 nitrogen and oxygen atoms in total. The molecule has 0 aliphatic rings. The van der Waals surface area contributed by atoms with E-state index in [0.29, 0.717) is 11.5 Å². The normalized spacial score (nSPS) is 10.9. The van der Waals surface area contributed by atoms with E-state index in [0.717, 1.165) is 27.7 Å². The second-order valence-corrected chi connectivity index (χ2v) is 6.11. The molecule has 0 saturated carbocycles. The maximum absolute atomic E-state index is 12.0. The van der Waals surface area contributed by atoms with E-state index in [1.807, 2.05) is 55.5 Å². The molecule has 0 fully saturated rings. The first-order valence-corrected chi connectivity index (χ1v) is 8.54. The van der Waals surface area contributed by atoms with Crippen LogP contribution in [0.2, 0.25) is 0 Å². The number of imidazole rings is 1. The Morgan fingerprint density at radius 1 is 1.22 bits per heavy atom. The van der Waals surface area contributed by atoms with Crippen LogP contribution in [0.4, 0.5) is 4.79 Å². The van der Waals surface area contributed by atoms with E-state index in [2.05, 4.69) is 20.4 Å². The van der Waals surface area contributed by atoms with Gasteiger partial charge in [0.1, 0.15) is 18.1 Å². The lowest BCUT2D eigenvalue weighted by atomic mass is 10.0. The number of rotatable bonds is 5. The maximum Gasteiger partial charge on any atom is 0.407 e. The fraction of sp³-hybridized carbons (Fsp3) is 0.150. The summed E-state index contributed by atoms with van der Waals surface area (Å²) in [6.45, 7) is 2.27. The first kappa shape index (κ1) is 16.8. The van der Waals surface area contributed by atoms with Crippen LogP contribution in [0.25, 0.3) is 22.2 Å². The monoisotopic (exact) mass is 362 g/mol. The van der Waals surface area contributed by atoms with Gasteiger partial charge in [-0.25, -0.2) is 9.78 Å². The number of aromatic nitrogens is 3. The van der Waals surface area contributed by atoms with Gasteiger partial charge in [-0.05, 0) is 30.2 Å². The highest BCUT2D eigenvalue weighted by atomic mass is 16.5. The molecule has 0 atom stereocenters. The number of nitrogens with one attached hydrogen (secondary N) is 2. The molecule has 0 bridgehead atoms. The van der Waals surface area contributed by atoms with Gasteiger partial charge in [-0.1, -0.05) is 41.6 Å². The summed E-state index contributed by atoms with van der Waals surface area (Å²) in [5.74, 6) is 0.684. The van der Waals surface area contributed by atoms with Crippen molar-refractivity contribution in [1.29, 1.82) is 0 Å². The summed E-state index contributed by atoms with van der Waals surface area (Å²) < 4.78 is 10.6. The van der Waals surface area contributed by atoms with Gasteiger partial charge in [0.15, 0.2) is 0 Å². The molecule has 0 radical (unpaired) electrons. The standard InChI is InChI=1S/C20H18N4O3/c1-13-19(15-7-8-16-17(9-15)23-12-22-16)18(24-27-13)10-21-20(25)26-11-14-5-3-2-4-6-14/h2-9,12H,10-11H2,1H3,(H,21,25)(H,22,23). The van der Waals surface area contributed by atoms with Crippen LogP contribution in [0.15, 0.2) is 59.4 Å². The number of ether oxygens (including phenoxy) is 1. The number of carbonyl (C=O) groups is 1. The molecule has 4 rings (SSSR count). The first-order chi connectivity index (χ1) is 13.2. The Labute approximate surface area is 155 Å². The van der Waals surface area contributed by atoms with E-state index in [4.69, 9.17) is 9.26 Å². The molecule has 2 aromatic carbocycles. The number of fused-ring (bicyclic) bond motifs is 1. The summed E-state index contributed by atoms with van der Waals surface area (Å²) in [5.41, 5.74) is 5.18. The van der Waals surface area contributed by atoms with Gasteiger partial charge in [0.2, 0.25) is 0 Å². The molecule has 0 unspecified atom stereocenters. The van der Waals surface area contributed by atoms with Gasteiger partial charge in [-0.2, -0.15) is 0 Å². The number of amides is 1. The van der Waals surface area contributed by atoms with Crippen molar-refractivity contribution < 1.29 is 14.1 Å². The summed E-state index contributed by atoms with van der Waals surface area (Å²) in [5, 5.41) is 6.80. The highest BCUT2D eigenvalue weighted by Gasteiger charge is 2.16. The van der Waals surface area contributed by atoms with E-state index >= 15 is 0 Å². The van der Waals surface area contributed by atoms with Crippen LogP contribution < -0.4 is 5.32 Å².